The molecule has 0 bridgehead atoms. The molecule has 0 unspecified atom stereocenters. The van der Waals surface area contributed by atoms with Crippen LogP contribution in [0, 0.1) is 11.3 Å². The fourth-order valence-electron chi connectivity index (χ4n) is 1.52. The summed E-state index contributed by atoms with van der Waals surface area (Å²) >= 11 is 0. The van der Waals surface area contributed by atoms with Crippen molar-refractivity contribution < 1.29 is 19.7 Å². The number of ether oxygens (including phenoxy) is 1. The summed E-state index contributed by atoms with van der Waals surface area (Å²) in [5.41, 5.74) is -1.05. The lowest BCUT2D eigenvalue weighted by molar-refractivity contribution is 0.340. The monoisotopic (exact) mass is 249 g/mol. The molecule has 0 fully saturated rings. The molecule has 1 heterocycles. The Kier molecular flexibility index (Phi) is 3.92. The van der Waals surface area contributed by atoms with E-state index < -0.39 is 5.63 Å². The second-order valence-corrected chi connectivity index (χ2v) is 3.32. The van der Waals surface area contributed by atoms with Gasteiger partial charge < -0.3 is 19.7 Å². The Morgan fingerprint density at radius 3 is 2.83 bits per heavy atom. The van der Waals surface area contributed by atoms with Gasteiger partial charge in [0.05, 0.1) is 12.0 Å². The van der Waals surface area contributed by atoms with E-state index in [1.165, 1.54) is 6.07 Å². The zero-order chi connectivity index (χ0) is 12.4. The standard InChI is InChI=1S/C12H9NO4.H2O/c1-2-16-7-3-4-8-10(5-7)17-12(15)9(6-13)11(8)14;/h3-5,14H,2H2,1H3;1H2. The van der Waals surface area contributed by atoms with Crippen LogP contribution in [0.15, 0.2) is 27.4 Å². The largest absolute Gasteiger partial charge is 0.506 e. The first kappa shape index (κ1) is 13.5. The van der Waals surface area contributed by atoms with Crippen LogP contribution in [0.5, 0.6) is 11.5 Å². The molecule has 1 aromatic carbocycles. The van der Waals surface area contributed by atoms with Crippen molar-refractivity contribution in [1.29, 1.82) is 5.26 Å². The minimum absolute atomic E-state index is 0. The van der Waals surface area contributed by atoms with Crippen LogP contribution >= 0.6 is 0 Å². The zero-order valence-electron chi connectivity index (χ0n) is 9.56. The Morgan fingerprint density at radius 1 is 1.50 bits per heavy atom. The van der Waals surface area contributed by atoms with Crippen LogP contribution in [-0.4, -0.2) is 17.2 Å². The summed E-state index contributed by atoms with van der Waals surface area (Å²) in [5.74, 6) is 0.175. The number of hydrogen-bond donors (Lipinski definition) is 1. The quantitative estimate of drug-likeness (QED) is 0.795. The molecule has 0 radical (unpaired) electrons. The summed E-state index contributed by atoms with van der Waals surface area (Å²) < 4.78 is 10.2. The highest BCUT2D eigenvalue weighted by Crippen LogP contribution is 2.28. The molecule has 0 spiro atoms. The maximum Gasteiger partial charge on any atom is 0.358 e. The average Bonchev–Trinajstić information content (AvgIpc) is 2.29. The lowest BCUT2D eigenvalue weighted by atomic mass is 10.1. The molecule has 18 heavy (non-hydrogen) atoms. The van der Waals surface area contributed by atoms with Gasteiger partial charge in [-0.05, 0) is 19.1 Å². The Morgan fingerprint density at radius 2 is 2.22 bits per heavy atom. The molecule has 6 nitrogen and oxygen atoms in total. The van der Waals surface area contributed by atoms with Gasteiger partial charge in [-0.1, -0.05) is 0 Å². The molecule has 0 amide bonds. The third-order valence-electron chi connectivity index (χ3n) is 2.27. The third kappa shape index (κ3) is 2.12. The molecule has 0 saturated heterocycles. The van der Waals surface area contributed by atoms with Crippen LogP contribution in [0.3, 0.4) is 0 Å². The van der Waals surface area contributed by atoms with E-state index in [4.69, 9.17) is 14.4 Å². The van der Waals surface area contributed by atoms with E-state index in [0.29, 0.717) is 17.7 Å². The summed E-state index contributed by atoms with van der Waals surface area (Å²) in [5, 5.41) is 18.7. The minimum atomic E-state index is -0.855. The van der Waals surface area contributed by atoms with Gasteiger partial charge in [-0.25, -0.2) is 4.79 Å². The van der Waals surface area contributed by atoms with Crippen molar-refractivity contribution in [2.75, 3.05) is 6.61 Å². The van der Waals surface area contributed by atoms with Crippen LogP contribution in [0.4, 0.5) is 0 Å². The maximum absolute atomic E-state index is 11.4. The van der Waals surface area contributed by atoms with Crippen molar-refractivity contribution in [3.05, 3.63) is 34.2 Å². The first-order valence-corrected chi connectivity index (χ1v) is 5.00. The van der Waals surface area contributed by atoms with E-state index in [2.05, 4.69) is 0 Å². The van der Waals surface area contributed by atoms with Gasteiger partial charge in [0.2, 0.25) is 0 Å². The first-order valence-electron chi connectivity index (χ1n) is 5.00. The fourth-order valence-corrected chi connectivity index (χ4v) is 1.52. The molecule has 94 valence electrons. The van der Waals surface area contributed by atoms with E-state index in [1.54, 1.807) is 18.2 Å². The van der Waals surface area contributed by atoms with Crippen LogP contribution in [-0.2, 0) is 0 Å². The van der Waals surface area contributed by atoms with Crippen LogP contribution in [0.25, 0.3) is 11.0 Å². The summed E-state index contributed by atoms with van der Waals surface area (Å²) in [4.78, 5) is 11.4. The molecule has 3 N–H and O–H groups in total. The molecule has 2 aromatic rings. The summed E-state index contributed by atoms with van der Waals surface area (Å²) in [6.07, 6.45) is 0. The third-order valence-corrected chi connectivity index (χ3v) is 2.27. The van der Waals surface area contributed by atoms with Crippen molar-refractivity contribution >= 4 is 11.0 Å². The summed E-state index contributed by atoms with van der Waals surface area (Å²) in [6, 6.07) is 6.28. The fraction of sp³-hybridized carbons (Fsp3) is 0.167. The molecule has 0 atom stereocenters. The number of nitrogens with zero attached hydrogens (tertiary/aromatic N) is 1. The number of benzene rings is 1. The van der Waals surface area contributed by atoms with Gasteiger partial charge in [0, 0.05) is 6.07 Å². The number of aromatic hydroxyl groups is 1. The van der Waals surface area contributed by atoms with Crippen LogP contribution < -0.4 is 10.4 Å². The minimum Gasteiger partial charge on any atom is -0.506 e. The van der Waals surface area contributed by atoms with Gasteiger partial charge in [0.1, 0.15) is 17.4 Å². The van der Waals surface area contributed by atoms with Crippen molar-refractivity contribution in [3.8, 4) is 17.6 Å². The highest BCUT2D eigenvalue weighted by molar-refractivity contribution is 5.86. The first-order chi connectivity index (χ1) is 8.17. The van der Waals surface area contributed by atoms with E-state index in [-0.39, 0.29) is 22.4 Å². The second-order valence-electron chi connectivity index (χ2n) is 3.32. The normalized spacial score (nSPS) is 9.56. The molecule has 2 rings (SSSR count). The molecule has 0 aliphatic carbocycles. The van der Waals surface area contributed by atoms with Gasteiger partial charge in [0.25, 0.3) is 0 Å². The van der Waals surface area contributed by atoms with Gasteiger partial charge in [-0.3, -0.25) is 0 Å². The van der Waals surface area contributed by atoms with Crippen LogP contribution in [0.2, 0.25) is 0 Å². The predicted octanol–water partition coefficient (Wildman–Crippen LogP) is 0.944. The predicted molar refractivity (Wildman–Crippen MR) is 63.6 cm³/mol. The summed E-state index contributed by atoms with van der Waals surface area (Å²) in [6.45, 7) is 2.31. The smallest absolute Gasteiger partial charge is 0.358 e. The molecular weight excluding hydrogens is 238 g/mol. The number of hydrogen-bond acceptors (Lipinski definition) is 5. The lowest BCUT2D eigenvalue weighted by Crippen LogP contribution is -2.04. The Hall–Kier alpha value is -2.52. The number of nitriles is 1. The zero-order valence-corrected chi connectivity index (χ0v) is 9.56. The van der Waals surface area contributed by atoms with E-state index >= 15 is 0 Å². The molecule has 0 aliphatic heterocycles. The number of rotatable bonds is 2. The Bertz CT molecular complexity index is 668. The summed E-state index contributed by atoms with van der Waals surface area (Å²) in [7, 11) is 0. The molecular formula is C12H11NO5. The maximum atomic E-state index is 11.4. The van der Waals surface area contributed by atoms with Gasteiger partial charge >= 0.3 is 5.63 Å². The molecule has 0 aliphatic rings. The van der Waals surface area contributed by atoms with E-state index in [9.17, 15) is 9.90 Å². The molecule has 6 heteroatoms. The van der Waals surface area contributed by atoms with E-state index in [1.807, 2.05) is 6.92 Å². The molecule has 1 aromatic heterocycles. The van der Waals surface area contributed by atoms with Crippen molar-refractivity contribution in [3.63, 3.8) is 0 Å². The SMILES string of the molecule is CCOc1ccc2c(O)c(C#N)c(=O)oc2c1.O. The highest BCUT2D eigenvalue weighted by Gasteiger charge is 2.13. The highest BCUT2D eigenvalue weighted by atomic mass is 16.5. The molecule has 0 saturated carbocycles. The topological polar surface area (TPSA) is 115 Å². The van der Waals surface area contributed by atoms with Crippen molar-refractivity contribution in [2.45, 2.75) is 6.92 Å². The Balaban J connectivity index is 0.00000162. The number of fused-ring (bicyclic) bond motifs is 1. The average molecular weight is 249 g/mol. The van der Waals surface area contributed by atoms with Gasteiger partial charge in [0.15, 0.2) is 11.3 Å². The van der Waals surface area contributed by atoms with Gasteiger partial charge in [-0.2, -0.15) is 5.26 Å². The Labute approximate surface area is 102 Å². The van der Waals surface area contributed by atoms with Crippen molar-refractivity contribution in [2.24, 2.45) is 0 Å². The van der Waals surface area contributed by atoms with Gasteiger partial charge in [-0.15, -0.1) is 0 Å². The second kappa shape index (κ2) is 5.21. The van der Waals surface area contributed by atoms with E-state index in [0.717, 1.165) is 0 Å². The van der Waals surface area contributed by atoms with Crippen LogP contribution in [0.1, 0.15) is 12.5 Å². The van der Waals surface area contributed by atoms with Crippen molar-refractivity contribution in [1.82, 2.24) is 0 Å². The lowest BCUT2D eigenvalue weighted by Gasteiger charge is -2.05.